The number of halogens is 1. The van der Waals surface area contributed by atoms with E-state index in [2.05, 4.69) is 32.2 Å². The summed E-state index contributed by atoms with van der Waals surface area (Å²) in [4.78, 5) is 11.7. The summed E-state index contributed by atoms with van der Waals surface area (Å²) in [7, 11) is 0. The van der Waals surface area contributed by atoms with Crippen LogP contribution in [-0.2, 0) is 4.74 Å². The third kappa shape index (κ3) is 2.35. The summed E-state index contributed by atoms with van der Waals surface area (Å²) in [6.07, 6.45) is 6.22. The van der Waals surface area contributed by atoms with Crippen LogP contribution >= 0.6 is 15.9 Å². The number of carbonyl (C=O) groups excluding carboxylic acids is 1. The average Bonchev–Trinajstić information content (AvgIpc) is 3.13. The van der Waals surface area contributed by atoms with Gasteiger partial charge in [0.25, 0.3) is 0 Å². The molecular formula is C14H10BrN5O2. The highest BCUT2D eigenvalue weighted by atomic mass is 79.9. The predicted octanol–water partition coefficient (Wildman–Crippen LogP) is 2.33. The Bertz CT molecular complexity index is 906. The Hall–Kier alpha value is -2.66. The molecule has 0 saturated heterocycles. The number of nitriles is 1. The lowest BCUT2D eigenvalue weighted by atomic mass is 10.2. The van der Waals surface area contributed by atoms with Gasteiger partial charge in [-0.2, -0.15) is 15.5 Å². The average molecular weight is 360 g/mol. The molecule has 0 aromatic carbocycles. The summed E-state index contributed by atoms with van der Waals surface area (Å²) >= 11 is 3.40. The molecule has 0 spiro atoms. The largest absolute Gasteiger partial charge is 0.462 e. The van der Waals surface area contributed by atoms with E-state index < -0.39 is 5.97 Å². The van der Waals surface area contributed by atoms with Crippen molar-refractivity contribution in [3.63, 3.8) is 0 Å². The van der Waals surface area contributed by atoms with Crippen molar-refractivity contribution in [2.24, 2.45) is 0 Å². The number of rotatable bonds is 3. The van der Waals surface area contributed by atoms with E-state index in [9.17, 15) is 10.1 Å². The van der Waals surface area contributed by atoms with Crippen molar-refractivity contribution in [2.75, 3.05) is 6.61 Å². The minimum atomic E-state index is -0.436. The molecule has 3 heterocycles. The number of pyridine rings is 1. The van der Waals surface area contributed by atoms with E-state index in [1.165, 1.54) is 17.1 Å². The van der Waals surface area contributed by atoms with Crippen LogP contribution < -0.4 is 0 Å². The fourth-order valence-corrected chi connectivity index (χ4v) is 2.51. The third-order valence-electron chi connectivity index (χ3n) is 3.02. The highest BCUT2D eigenvalue weighted by molar-refractivity contribution is 9.10. The summed E-state index contributed by atoms with van der Waals surface area (Å²) in [5, 5.41) is 17.5. The van der Waals surface area contributed by atoms with Crippen LogP contribution in [0.5, 0.6) is 0 Å². The number of aromatic nitrogens is 4. The molecule has 0 aliphatic heterocycles. The van der Waals surface area contributed by atoms with E-state index in [0.29, 0.717) is 28.9 Å². The lowest BCUT2D eigenvalue weighted by Gasteiger charge is -2.05. The van der Waals surface area contributed by atoms with Gasteiger partial charge in [-0.05, 0) is 28.9 Å². The lowest BCUT2D eigenvalue weighted by molar-refractivity contribution is 0.0526. The smallest absolute Gasteiger partial charge is 0.341 e. The number of hydrogen-bond donors (Lipinski definition) is 0. The Kier molecular flexibility index (Phi) is 3.65. The summed E-state index contributed by atoms with van der Waals surface area (Å²) in [5.74, 6) is -0.436. The van der Waals surface area contributed by atoms with Crippen molar-refractivity contribution in [3.8, 4) is 11.8 Å². The minimum Gasteiger partial charge on any atom is -0.462 e. The molecule has 0 atom stereocenters. The molecule has 7 nitrogen and oxygen atoms in total. The topological polar surface area (TPSA) is 85.2 Å². The zero-order valence-corrected chi connectivity index (χ0v) is 13.1. The second kappa shape index (κ2) is 5.61. The molecule has 0 N–H and O–H groups in total. The van der Waals surface area contributed by atoms with E-state index in [1.807, 2.05) is 0 Å². The van der Waals surface area contributed by atoms with E-state index in [-0.39, 0.29) is 0 Å². The standard InChI is InChI=1S/C14H10BrN5O2/c1-2-22-14(21)10-6-17-19(7-10)12-3-11(15)8-20-13(12)9(4-16)5-18-20/h3,5-8H,2H2,1H3. The first kappa shape index (κ1) is 14.3. The second-order valence-corrected chi connectivity index (χ2v) is 5.32. The maximum absolute atomic E-state index is 11.7. The molecule has 8 heteroatoms. The molecule has 0 saturated carbocycles. The molecule has 0 bridgehead atoms. The van der Waals surface area contributed by atoms with Crippen LogP contribution in [0.1, 0.15) is 22.8 Å². The number of esters is 1. The van der Waals surface area contributed by atoms with Crippen molar-refractivity contribution < 1.29 is 9.53 Å². The van der Waals surface area contributed by atoms with Gasteiger partial charge >= 0.3 is 5.97 Å². The molecule has 0 fully saturated rings. The Labute approximate surface area is 133 Å². The van der Waals surface area contributed by atoms with Gasteiger partial charge in [-0.25, -0.2) is 14.0 Å². The van der Waals surface area contributed by atoms with Crippen LogP contribution in [0.15, 0.2) is 35.3 Å². The highest BCUT2D eigenvalue weighted by Crippen LogP contribution is 2.24. The second-order valence-electron chi connectivity index (χ2n) is 4.40. The fourth-order valence-electron chi connectivity index (χ4n) is 2.10. The highest BCUT2D eigenvalue weighted by Gasteiger charge is 2.15. The zero-order chi connectivity index (χ0) is 15.7. The van der Waals surface area contributed by atoms with Gasteiger partial charge < -0.3 is 4.74 Å². The zero-order valence-electron chi connectivity index (χ0n) is 11.5. The molecule has 3 aromatic rings. The van der Waals surface area contributed by atoms with Crippen LogP contribution in [0.25, 0.3) is 11.2 Å². The van der Waals surface area contributed by atoms with Crippen LogP contribution in [0.2, 0.25) is 0 Å². The molecular weight excluding hydrogens is 350 g/mol. The Morgan fingerprint density at radius 1 is 1.41 bits per heavy atom. The fraction of sp³-hybridized carbons (Fsp3) is 0.143. The van der Waals surface area contributed by atoms with Gasteiger partial charge in [0, 0.05) is 16.9 Å². The van der Waals surface area contributed by atoms with Gasteiger partial charge in [0.2, 0.25) is 0 Å². The number of carbonyl (C=O) groups is 1. The lowest BCUT2D eigenvalue weighted by Crippen LogP contribution is -2.03. The summed E-state index contributed by atoms with van der Waals surface area (Å²) in [6.45, 7) is 2.04. The third-order valence-corrected chi connectivity index (χ3v) is 3.45. The van der Waals surface area contributed by atoms with E-state index in [1.54, 1.807) is 29.9 Å². The molecule has 3 aromatic heterocycles. The summed E-state index contributed by atoms with van der Waals surface area (Å²) in [6, 6.07) is 3.90. The Balaban J connectivity index is 2.16. The van der Waals surface area contributed by atoms with Gasteiger partial charge in [-0.15, -0.1) is 0 Å². The first-order valence-corrected chi connectivity index (χ1v) is 7.22. The van der Waals surface area contributed by atoms with Crippen molar-refractivity contribution in [3.05, 3.63) is 46.5 Å². The molecule has 0 unspecified atom stereocenters. The van der Waals surface area contributed by atoms with E-state index in [0.717, 1.165) is 4.47 Å². The maximum Gasteiger partial charge on any atom is 0.341 e. The van der Waals surface area contributed by atoms with Crippen LogP contribution in [0.3, 0.4) is 0 Å². The first-order valence-electron chi connectivity index (χ1n) is 6.43. The van der Waals surface area contributed by atoms with Crippen molar-refractivity contribution >= 4 is 27.4 Å². The Morgan fingerprint density at radius 2 is 2.23 bits per heavy atom. The molecule has 3 rings (SSSR count). The number of ether oxygens (including phenoxy) is 1. The van der Waals surface area contributed by atoms with Gasteiger partial charge in [-0.3, -0.25) is 0 Å². The molecule has 110 valence electrons. The van der Waals surface area contributed by atoms with Crippen LogP contribution in [0, 0.1) is 11.3 Å². The number of fused-ring (bicyclic) bond motifs is 1. The molecule has 0 radical (unpaired) electrons. The van der Waals surface area contributed by atoms with E-state index >= 15 is 0 Å². The van der Waals surface area contributed by atoms with Crippen LogP contribution in [0.4, 0.5) is 0 Å². The monoisotopic (exact) mass is 359 g/mol. The Morgan fingerprint density at radius 3 is 2.95 bits per heavy atom. The number of hydrogen-bond acceptors (Lipinski definition) is 5. The van der Waals surface area contributed by atoms with Gasteiger partial charge in [0.15, 0.2) is 0 Å². The first-order chi connectivity index (χ1) is 10.6. The van der Waals surface area contributed by atoms with Gasteiger partial charge in [-0.1, -0.05) is 0 Å². The van der Waals surface area contributed by atoms with Crippen LogP contribution in [-0.4, -0.2) is 32.0 Å². The number of nitrogens with zero attached hydrogens (tertiary/aromatic N) is 5. The summed E-state index contributed by atoms with van der Waals surface area (Å²) < 4.78 is 8.83. The molecule has 0 aliphatic carbocycles. The van der Waals surface area contributed by atoms with Crippen molar-refractivity contribution in [1.29, 1.82) is 5.26 Å². The quantitative estimate of drug-likeness (QED) is 0.670. The SMILES string of the molecule is CCOC(=O)c1cnn(-c2cc(Br)cn3ncc(C#N)c23)c1. The van der Waals surface area contributed by atoms with Gasteiger partial charge in [0.05, 0.1) is 35.8 Å². The summed E-state index contributed by atoms with van der Waals surface area (Å²) in [5.41, 5.74) is 2.02. The predicted molar refractivity (Wildman–Crippen MR) is 80.7 cm³/mol. The molecule has 0 amide bonds. The van der Waals surface area contributed by atoms with E-state index in [4.69, 9.17) is 4.74 Å². The van der Waals surface area contributed by atoms with Crippen molar-refractivity contribution in [2.45, 2.75) is 6.92 Å². The molecule has 0 aliphatic rings. The normalized spacial score (nSPS) is 10.6. The van der Waals surface area contributed by atoms with Gasteiger partial charge in [0.1, 0.15) is 11.6 Å². The molecule has 22 heavy (non-hydrogen) atoms. The minimum absolute atomic E-state index is 0.298. The maximum atomic E-state index is 11.7. The van der Waals surface area contributed by atoms with Crippen molar-refractivity contribution in [1.82, 2.24) is 19.4 Å².